The van der Waals surface area contributed by atoms with Crippen LogP contribution in [0.25, 0.3) is 0 Å². The molecule has 1 aliphatic heterocycles. The van der Waals surface area contributed by atoms with Crippen LogP contribution in [0.4, 0.5) is 0 Å². The smallest absolute Gasteiger partial charge is 0.226 e. The van der Waals surface area contributed by atoms with Crippen LogP contribution in [0.3, 0.4) is 0 Å². The maximum Gasteiger partial charge on any atom is 0.226 e. The Labute approximate surface area is 98.4 Å². The van der Waals surface area contributed by atoms with Gasteiger partial charge in [0.15, 0.2) is 0 Å². The third-order valence-corrected chi connectivity index (χ3v) is 4.00. The molecule has 2 N–H and O–H groups in total. The summed E-state index contributed by atoms with van der Waals surface area (Å²) in [5.74, 6) is 0.312. The SMILES string of the molecule is CCCC1(C(=O)NCC[C@H]2CCCN2)CC1. The molecule has 1 heterocycles. The molecule has 1 atom stereocenters. The van der Waals surface area contributed by atoms with Crippen LogP contribution in [0, 0.1) is 5.41 Å². The van der Waals surface area contributed by atoms with Crippen molar-refractivity contribution in [2.24, 2.45) is 5.41 Å². The van der Waals surface area contributed by atoms with Gasteiger partial charge in [0.2, 0.25) is 5.91 Å². The average Bonchev–Trinajstić information content (AvgIpc) is 2.88. The first-order chi connectivity index (χ1) is 7.77. The Morgan fingerprint density at radius 1 is 1.50 bits per heavy atom. The van der Waals surface area contributed by atoms with Crippen LogP contribution in [-0.4, -0.2) is 25.0 Å². The van der Waals surface area contributed by atoms with Crippen molar-refractivity contribution in [2.75, 3.05) is 13.1 Å². The lowest BCUT2D eigenvalue weighted by Crippen LogP contribution is -2.35. The van der Waals surface area contributed by atoms with E-state index in [1.54, 1.807) is 0 Å². The van der Waals surface area contributed by atoms with Crippen LogP contribution < -0.4 is 10.6 Å². The van der Waals surface area contributed by atoms with E-state index in [9.17, 15) is 4.79 Å². The molecule has 0 radical (unpaired) electrons. The fourth-order valence-corrected chi connectivity index (χ4v) is 2.77. The Kier molecular flexibility index (Phi) is 3.85. The summed E-state index contributed by atoms with van der Waals surface area (Å²) in [5, 5.41) is 6.58. The number of rotatable bonds is 6. The molecular formula is C13H24N2O. The minimum absolute atomic E-state index is 0.0395. The molecule has 1 aliphatic carbocycles. The molecule has 3 nitrogen and oxygen atoms in total. The molecule has 0 aromatic heterocycles. The van der Waals surface area contributed by atoms with Gasteiger partial charge in [0.05, 0.1) is 0 Å². The Morgan fingerprint density at radius 3 is 2.88 bits per heavy atom. The Balaban J connectivity index is 1.63. The maximum absolute atomic E-state index is 12.0. The van der Waals surface area contributed by atoms with E-state index in [0.717, 1.165) is 45.2 Å². The van der Waals surface area contributed by atoms with Gasteiger partial charge in [0.25, 0.3) is 0 Å². The van der Waals surface area contributed by atoms with Crippen molar-refractivity contribution in [3.63, 3.8) is 0 Å². The van der Waals surface area contributed by atoms with E-state index in [0.29, 0.717) is 11.9 Å². The molecule has 1 saturated heterocycles. The van der Waals surface area contributed by atoms with Crippen LogP contribution in [0.2, 0.25) is 0 Å². The molecule has 2 rings (SSSR count). The van der Waals surface area contributed by atoms with Gasteiger partial charge in [0.1, 0.15) is 0 Å². The first kappa shape index (κ1) is 11.9. The average molecular weight is 224 g/mol. The Hall–Kier alpha value is -0.570. The Morgan fingerprint density at radius 2 is 2.31 bits per heavy atom. The normalized spacial score (nSPS) is 26.7. The molecule has 0 bridgehead atoms. The zero-order valence-corrected chi connectivity index (χ0v) is 10.3. The van der Waals surface area contributed by atoms with Gasteiger partial charge in [0, 0.05) is 18.0 Å². The second-order valence-electron chi connectivity index (χ2n) is 5.37. The van der Waals surface area contributed by atoms with E-state index in [-0.39, 0.29) is 5.41 Å². The summed E-state index contributed by atoms with van der Waals surface area (Å²) < 4.78 is 0. The van der Waals surface area contributed by atoms with Gasteiger partial charge in [-0.1, -0.05) is 13.3 Å². The number of hydrogen-bond acceptors (Lipinski definition) is 2. The molecule has 16 heavy (non-hydrogen) atoms. The number of amides is 1. The molecule has 2 fully saturated rings. The second kappa shape index (κ2) is 5.17. The first-order valence-corrected chi connectivity index (χ1v) is 6.78. The molecule has 1 saturated carbocycles. The third kappa shape index (κ3) is 2.76. The summed E-state index contributed by atoms with van der Waals surface area (Å²) in [7, 11) is 0. The molecule has 1 amide bonds. The summed E-state index contributed by atoms with van der Waals surface area (Å²) in [6, 6.07) is 0.640. The number of carbonyl (C=O) groups is 1. The first-order valence-electron chi connectivity index (χ1n) is 6.78. The highest BCUT2D eigenvalue weighted by atomic mass is 16.2. The van der Waals surface area contributed by atoms with Crippen LogP contribution in [0.1, 0.15) is 51.9 Å². The van der Waals surface area contributed by atoms with E-state index < -0.39 is 0 Å². The summed E-state index contributed by atoms with van der Waals surface area (Å²) in [6.45, 7) is 4.16. The van der Waals surface area contributed by atoms with Gasteiger partial charge in [-0.25, -0.2) is 0 Å². The molecule has 0 aromatic rings. The van der Waals surface area contributed by atoms with Crippen molar-refractivity contribution >= 4 is 5.91 Å². The predicted octanol–water partition coefficient (Wildman–Crippen LogP) is 1.82. The number of carbonyl (C=O) groups excluding carboxylic acids is 1. The monoisotopic (exact) mass is 224 g/mol. The van der Waals surface area contributed by atoms with Crippen LogP contribution in [-0.2, 0) is 4.79 Å². The summed E-state index contributed by atoms with van der Waals surface area (Å²) in [5.41, 5.74) is 0.0395. The van der Waals surface area contributed by atoms with Crippen LogP contribution >= 0.6 is 0 Å². The lowest BCUT2D eigenvalue weighted by molar-refractivity contribution is -0.126. The van der Waals surface area contributed by atoms with Crippen molar-refractivity contribution < 1.29 is 4.79 Å². The molecule has 2 aliphatic rings. The summed E-state index contributed by atoms with van der Waals surface area (Å²) in [4.78, 5) is 12.0. The van der Waals surface area contributed by atoms with Gasteiger partial charge < -0.3 is 10.6 Å². The fraction of sp³-hybridized carbons (Fsp3) is 0.923. The molecule has 0 unspecified atom stereocenters. The highest BCUT2D eigenvalue weighted by Crippen LogP contribution is 2.49. The standard InChI is InChI=1S/C13H24N2O/c1-2-6-13(7-8-13)12(16)15-10-5-11-4-3-9-14-11/h11,14H,2-10H2,1H3,(H,15,16)/t11-/m1/s1. The van der Waals surface area contributed by atoms with E-state index in [4.69, 9.17) is 0 Å². The van der Waals surface area contributed by atoms with E-state index in [2.05, 4.69) is 17.6 Å². The van der Waals surface area contributed by atoms with E-state index in [1.807, 2.05) is 0 Å². The summed E-state index contributed by atoms with van der Waals surface area (Å²) >= 11 is 0. The largest absolute Gasteiger partial charge is 0.356 e. The van der Waals surface area contributed by atoms with Crippen molar-refractivity contribution in [3.8, 4) is 0 Å². The van der Waals surface area contributed by atoms with Crippen molar-refractivity contribution in [2.45, 2.75) is 57.9 Å². The highest BCUT2D eigenvalue weighted by molar-refractivity contribution is 5.85. The van der Waals surface area contributed by atoms with Gasteiger partial charge in [-0.15, -0.1) is 0 Å². The van der Waals surface area contributed by atoms with Gasteiger partial charge in [-0.05, 0) is 45.1 Å². The van der Waals surface area contributed by atoms with Gasteiger partial charge in [-0.2, -0.15) is 0 Å². The number of nitrogens with one attached hydrogen (secondary N) is 2. The van der Waals surface area contributed by atoms with Crippen molar-refractivity contribution in [1.82, 2.24) is 10.6 Å². The second-order valence-corrected chi connectivity index (χ2v) is 5.37. The molecule has 3 heteroatoms. The third-order valence-electron chi connectivity index (χ3n) is 4.00. The van der Waals surface area contributed by atoms with E-state index in [1.165, 1.54) is 12.8 Å². The highest BCUT2D eigenvalue weighted by Gasteiger charge is 2.48. The topological polar surface area (TPSA) is 41.1 Å². The maximum atomic E-state index is 12.0. The molecule has 92 valence electrons. The zero-order chi connectivity index (χ0) is 11.4. The van der Waals surface area contributed by atoms with Crippen molar-refractivity contribution in [3.05, 3.63) is 0 Å². The van der Waals surface area contributed by atoms with Crippen molar-refractivity contribution in [1.29, 1.82) is 0 Å². The Bertz CT molecular complexity index is 242. The fourth-order valence-electron chi connectivity index (χ4n) is 2.77. The van der Waals surface area contributed by atoms with Gasteiger partial charge in [-0.3, -0.25) is 4.79 Å². The lowest BCUT2D eigenvalue weighted by atomic mass is 9.99. The van der Waals surface area contributed by atoms with Gasteiger partial charge >= 0.3 is 0 Å². The molecule has 0 aromatic carbocycles. The molecular weight excluding hydrogens is 200 g/mol. The molecule has 0 spiro atoms. The van der Waals surface area contributed by atoms with Crippen LogP contribution in [0.5, 0.6) is 0 Å². The quantitative estimate of drug-likeness (QED) is 0.722. The zero-order valence-electron chi connectivity index (χ0n) is 10.3. The minimum atomic E-state index is 0.0395. The predicted molar refractivity (Wildman–Crippen MR) is 65.2 cm³/mol. The lowest BCUT2D eigenvalue weighted by Gasteiger charge is -2.15. The minimum Gasteiger partial charge on any atom is -0.356 e. The van der Waals surface area contributed by atoms with E-state index >= 15 is 0 Å². The number of hydrogen-bond donors (Lipinski definition) is 2. The van der Waals surface area contributed by atoms with Crippen LogP contribution in [0.15, 0.2) is 0 Å². The summed E-state index contributed by atoms with van der Waals surface area (Å²) in [6.07, 6.45) is 8.06.